The van der Waals surface area contributed by atoms with Crippen LogP contribution in [0.2, 0.25) is 5.02 Å². The summed E-state index contributed by atoms with van der Waals surface area (Å²) in [5.74, 6) is -1.53. The Kier molecular flexibility index (Phi) is 5.22. The fourth-order valence-corrected chi connectivity index (χ4v) is 2.98. The van der Waals surface area contributed by atoms with E-state index in [4.69, 9.17) is 16.7 Å². The molecule has 0 aliphatic heterocycles. The van der Waals surface area contributed by atoms with Crippen LogP contribution in [0.15, 0.2) is 24.3 Å². The number of carbonyl (C=O) groups is 2. The number of hydrogen-bond acceptors (Lipinski definition) is 5. The van der Waals surface area contributed by atoms with Gasteiger partial charge in [-0.3, -0.25) is 9.59 Å². The summed E-state index contributed by atoms with van der Waals surface area (Å²) in [5.41, 5.74) is -0.00231. The summed E-state index contributed by atoms with van der Waals surface area (Å²) < 4.78 is 0. The van der Waals surface area contributed by atoms with Crippen LogP contribution in [-0.2, 0) is 9.59 Å². The third kappa shape index (κ3) is 4.10. The summed E-state index contributed by atoms with van der Waals surface area (Å²) in [6.45, 7) is 3.07. The van der Waals surface area contributed by atoms with Crippen LogP contribution in [0.4, 0.5) is 5.13 Å². The van der Waals surface area contributed by atoms with E-state index in [0.717, 1.165) is 11.3 Å². The molecule has 1 heterocycles. The molecule has 0 aliphatic rings. The molecule has 2 aromatic rings. The summed E-state index contributed by atoms with van der Waals surface area (Å²) in [5, 5.41) is 21.5. The zero-order chi connectivity index (χ0) is 17.9. The highest BCUT2D eigenvalue weighted by atomic mass is 35.5. The molecule has 1 aromatic heterocycles. The number of nitriles is 1. The molecule has 0 spiro atoms. The molecule has 2 rings (SSSR count). The number of thiazole rings is 1. The number of benzene rings is 1. The molecule has 0 saturated heterocycles. The van der Waals surface area contributed by atoms with Gasteiger partial charge in [0.1, 0.15) is 16.6 Å². The number of nitrogens with one attached hydrogen (secondary N) is 1. The van der Waals surface area contributed by atoms with Crippen LogP contribution >= 0.6 is 22.9 Å². The first-order chi connectivity index (χ1) is 11.2. The minimum atomic E-state index is -1.10. The van der Waals surface area contributed by atoms with E-state index in [0.29, 0.717) is 21.2 Å². The number of aliphatic carboxylic acids is 1. The molecule has 0 saturated carbocycles. The Morgan fingerprint density at radius 1 is 1.46 bits per heavy atom. The van der Waals surface area contributed by atoms with Gasteiger partial charge in [0.15, 0.2) is 5.13 Å². The van der Waals surface area contributed by atoms with Crippen LogP contribution in [0.3, 0.4) is 0 Å². The minimum absolute atomic E-state index is 0.241. The van der Waals surface area contributed by atoms with Gasteiger partial charge in [0.05, 0.1) is 11.8 Å². The van der Waals surface area contributed by atoms with Crippen molar-refractivity contribution in [3.05, 3.63) is 34.2 Å². The molecule has 1 amide bonds. The topological polar surface area (TPSA) is 103 Å². The zero-order valence-electron chi connectivity index (χ0n) is 13.0. The van der Waals surface area contributed by atoms with Crippen molar-refractivity contribution < 1.29 is 14.7 Å². The first-order valence-electron chi connectivity index (χ1n) is 6.93. The van der Waals surface area contributed by atoms with Crippen molar-refractivity contribution in [3.8, 4) is 17.3 Å². The molecule has 0 radical (unpaired) electrons. The maximum atomic E-state index is 12.3. The number of carboxylic acids is 1. The second-order valence-electron chi connectivity index (χ2n) is 5.73. The predicted octanol–water partition coefficient (Wildman–Crippen LogP) is 3.77. The van der Waals surface area contributed by atoms with Gasteiger partial charge in [-0.15, -0.1) is 0 Å². The van der Waals surface area contributed by atoms with Crippen molar-refractivity contribution in [1.82, 2.24) is 4.98 Å². The van der Waals surface area contributed by atoms with Crippen LogP contribution in [0.5, 0.6) is 0 Å². The normalized spacial score (nSPS) is 10.9. The lowest BCUT2D eigenvalue weighted by Gasteiger charge is -2.20. The Morgan fingerprint density at radius 3 is 2.75 bits per heavy atom. The number of rotatable bonds is 5. The molecule has 0 aliphatic carbocycles. The number of nitrogens with zero attached hydrogens (tertiary/aromatic N) is 2. The van der Waals surface area contributed by atoms with Crippen LogP contribution in [0.25, 0.3) is 11.3 Å². The van der Waals surface area contributed by atoms with Crippen molar-refractivity contribution in [2.24, 2.45) is 5.41 Å². The Morgan fingerprint density at radius 2 is 2.17 bits per heavy atom. The van der Waals surface area contributed by atoms with Crippen LogP contribution in [0.1, 0.15) is 25.1 Å². The highest BCUT2D eigenvalue weighted by Crippen LogP contribution is 2.33. The third-order valence-electron chi connectivity index (χ3n) is 3.26. The van der Waals surface area contributed by atoms with Gasteiger partial charge in [0, 0.05) is 10.6 Å². The molecular weight excluding hydrogens is 350 g/mol. The third-order valence-corrected chi connectivity index (χ3v) is 4.37. The molecule has 6 nitrogen and oxygen atoms in total. The van der Waals surface area contributed by atoms with E-state index >= 15 is 0 Å². The Hall–Kier alpha value is -2.43. The summed E-state index contributed by atoms with van der Waals surface area (Å²) in [7, 11) is 0. The van der Waals surface area contributed by atoms with Gasteiger partial charge in [-0.2, -0.15) is 5.26 Å². The van der Waals surface area contributed by atoms with E-state index in [1.807, 2.05) is 6.07 Å². The Balaban J connectivity index is 2.29. The summed E-state index contributed by atoms with van der Waals surface area (Å²) in [4.78, 5) is 27.7. The number of halogens is 1. The zero-order valence-corrected chi connectivity index (χ0v) is 14.5. The number of carbonyl (C=O) groups excluding carboxylic acids is 1. The standard InChI is InChI=1S/C16H14ClN3O3S/c1-16(2,7-12(21)22)14(23)20-15-19-13(11(8-18)24-15)9-4-3-5-10(17)6-9/h3-6H,7H2,1-2H3,(H,21,22)(H,19,20,23). The SMILES string of the molecule is CC(C)(CC(=O)O)C(=O)Nc1nc(-c2cccc(Cl)c2)c(C#N)s1. The largest absolute Gasteiger partial charge is 0.481 e. The van der Waals surface area contributed by atoms with E-state index in [9.17, 15) is 14.9 Å². The second kappa shape index (κ2) is 6.99. The molecular formula is C16H14ClN3O3S. The molecule has 124 valence electrons. The maximum Gasteiger partial charge on any atom is 0.304 e. The summed E-state index contributed by atoms with van der Waals surface area (Å²) in [6.07, 6.45) is -0.309. The van der Waals surface area contributed by atoms with E-state index < -0.39 is 17.3 Å². The first kappa shape index (κ1) is 17.9. The average Bonchev–Trinajstić information content (AvgIpc) is 2.89. The van der Waals surface area contributed by atoms with Crippen molar-refractivity contribution >= 4 is 39.9 Å². The van der Waals surface area contributed by atoms with Crippen LogP contribution < -0.4 is 5.32 Å². The molecule has 0 atom stereocenters. The number of anilines is 1. The quantitative estimate of drug-likeness (QED) is 0.841. The average molecular weight is 364 g/mol. The molecule has 24 heavy (non-hydrogen) atoms. The highest BCUT2D eigenvalue weighted by molar-refractivity contribution is 7.16. The number of carboxylic acid groups (broad SMARTS) is 1. The van der Waals surface area contributed by atoms with Crippen molar-refractivity contribution in [1.29, 1.82) is 5.26 Å². The van der Waals surface area contributed by atoms with Gasteiger partial charge >= 0.3 is 5.97 Å². The van der Waals surface area contributed by atoms with Gasteiger partial charge in [-0.1, -0.05) is 48.9 Å². The fourth-order valence-electron chi connectivity index (χ4n) is 2.01. The number of amides is 1. The summed E-state index contributed by atoms with van der Waals surface area (Å²) in [6, 6.07) is 8.94. The van der Waals surface area contributed by atoms with E-state index in [1.54, 1.807) is 24.3 Å². The second-order valence-corrected chi connectivity index (χ2v) is 7.16. The van der Waals surface area contributed by atoms with Gasteiger partial charge in [0.25, 0.3) is 0 Å². The molecule has 0 bridgehead atoms. The number of hydrogen-bond donors (Lipinski definition) is 2. The minimum Gasteiger partial charge on any atom is -0.481 e. The van der Waals surface area contributed by atoms with Gasteiger partial charge in [0.2, 0.25) is 5.91 Å². The lowest BCUT2D eigenvalue weighted by atomic mass is 9.88. The molecule has 1 aromatic carbocycles. The van der Waals surface area contributed by atoms with Crippen LogP contribution in [-0.4, -0.2) is 22.0 Å². The monoisotopic (exact) mass is 363 g/mol. The van der Waals surface area contributed by atoms with Gasteiger partial charge in [-0.05, 0) is 12.1 Å². The first-order valence-corrected chi connectivity index (χ1v) is 8.12. The van der Waals surface area contributed by atoms with Gasteiger partial charge in [-0.25, -0.2) is 4.98 Å². The molecule has 8 heteroatoms. The smallest absolute Gasteiger partial charge is 0.304 e. The molecule has 2 N–H and O–H groups in total. The van der Waals surface area contributed by atoms with Crippen molar-refractivity contribution in [2.45, 2.75) is 20.3 Å². The van der Waals surface area contributed by atoms with Gasteiger partial charge < -0.3 is 10.4 Å². The van der Waals surface area contributed by atoms with E-state index in [-0.39, 0.29) is 11.6 Å². The van der Waals surface area contributed by atoms with Crippen molar-refractivity contribution in [3.63, 3.8) is 0 Å². The summed E-state index contributed by atoms with van der Waals surface area (Å²) >= 11 is 6.99. The predicted molar refractivity (Wildman–Crippen MR) is 91.9 cm³/mol. The maximum absolute atomic E-state index is 12.3. The molecule has 0 unspecified atom stereocenters. The van der Waals surface area contributed by atoms with Crippen molar-refractivity contribution in [2.75, 3.05) is 5.32 Å². The lowest BCUT2D eigenvalue weighted by Crippen LogP contribution is -2.32. The lowest BCUT2D eigenvalue weighted by molar-refractivity contribution is -0.142. The van der Waals surface area contributed by atoms with E-state index in [2.05, 4.69) is 10.3 Å². The van der Waals surface area contributed by atoms with Crippen LogP contribution in [0, 0.1) is 16.7 Å². The highest BCUT2D eigenvalue weighted by Gasteiger charge is 2.31. The van der Waals surface area contributed by atoms with E-state index in [1.165, 1.54) is 13.8 Å². The fraction of sp³-hybridized carbons (Fsp3) is 0.250. The Bertz CT molecular complexity index is 839. The molecule has 0 fully saturated rings. The Labute approximate surface area is 147 Å². The number of aromatic nitrogens is 1.